The third-order valence-electron chi connectivity index (χ3n) is 4.24. The van der Waals surface area contributed by atoms with E-state index in [-0.39, 0.29) is 11.8 Å². The van der Waals surface area contributed by atoms with Crippen molar-refractivity contribution in [3.63, 3.8) is 0 Å². The second-order valence-electron chi connectivity index (χ2n) is 5.87. The maximum Gasteiger partial charge on any atom is 0.253 e. The van der Waals surface area contributed by atoms with Crippen LogP contribution in [0.25, 0.3) is 0 Å². The molecule has 2 aliphatic heterocycles. The predicted molar refractivity (Wildman–Crippen MR) is 85.7 cm³/mol. The van der Waals surface area contributed by atoms with Crippen LogP contribution in [0.5, 0.6) is 0 Å². The van der Waals surface area contributed by atoms with Crippen LogP contribution in [0.15, 0.2) is 18.2 Å². The Labute approximate surface area is 135 Å². The summed E-state index contributed by atoms with van der Waals surface area (Å²) in [4.78, 5) is 25.6. The molecule has 7 nitrogen and oxygen atoms in total. The van der Waals surface area contributed by atoms with Crippen molar-refractivity contribution in [2.75, 3.05) is 37.8 Å². The van der Waals surface area contributed by atoms with Gasteiger partial charge in [-0.05, 0) is 30.2 Å². The molecule has 0 spiro atoms. The molecule has 0 atom stereocenters. The number of nitrogens with zero attached hydrogens (tertiary/aromatic N) is 2. The molecule has 1 aromatic carbocycles. The average Bonchev–Trinajstić information content (AvgIpc) is 2.53. The van der Waals surface area contributed by atoms with E-state index in [9.17, 15) is 18.0 Å². The van der Waals surface area contributed by atoms with Crippen LogP contribution < -0.4 is 5.32 Å². The Balaban J connectivity index is 1.71. The summed E-state index contributed by atoms with van der Waals surface area (Å²) < 4.78 is 24.4. The molecule has 0 aromatic heterocycles. The molecule has 0 radical (unpaired) electrons. The monoisotopic (exact) mass is 337 g/mol. The van der Waals surface area contributed by atoms with E-state index in [0.29, 0.717) is 44.6 Å². The molecular formula is C15H19N3O4S. The number of piperazine rings is 1. The summed E-state index contributed by atoms with van der Waals surface area (Å²) in [5, 5.41) is 2.79. The molecule has 2 heterocycles. The van der Waals surface area contributed by atoms with Crippen LogP contribution in [0.4, 0.5) is 5.69 Å². The molecule has 3 rings (SSSR count). The Morgan fingerprint density at radius 2 is 1.83 bits per heavy atom. The molecule has 0 aliphatic carbocycles. The Hall–Kier alpha value is -1.93. The van der Waals surface area contributed by atoms with Gasteiger partial charge in [0.15, 0.2) is 0 Å². The Bertz CT molecular complexity index is 752. The van der Waals surface area contributed by atoms with Gasteiger partial charge in [-0.15, -0.1) is 0 Å². The van der Waals surface area contributed by atoms with Crippen molar-refractivity contribution in [2.24, 2.45) is 0 Å². The summed E-state index contributed by atoms with van der Waals surface area (Å²) in [5.74, 6) is -0.105. The highest BCUT2D eigenvalue weighted by atomic mass is 32.2. The number of carbonyl (C=O) groups is 2. The van der Waals surface area contributed by atoms with E-state index in [1.165, 1.54) is 10.6 Å². The number of benzene rings is 1. The number of nitrogens with one attached hydrogen (secondary N) is 1. The zero-order valence-electron chi connectivity index (χ0n) is 12.9. The van der Waals surface area contributed by atoms with E-state index in [2.05, 4.69) is 5.32 Å². The molecule has 1 aromatic rings. The molecule has 2 aliphatic rings. The maximum absolute atomic E-state index is 12.6. The van der Waals surface area contributed by atoms with Crippen molar-refractivity contribution >= 4 is 27.5 Å². The molecule has 1 saturated heterocycles. The second-order valence-corrected chi connectivity index (χ2v) is 7.86. The van der Waals surface area contributed by atoms with Gasteiger partial charge in [-0.3, -0.25) is 9.59 Å². The predicted octanol–water partition coefficient (Wildman–Crippen LogP) is 0.289. The molecule has 23 heavy (non-hydrogen) atoms. The van der Waals surface area contributed by atoms with Crippen molar-refractivity contribution in [1.29, 1.82) is 0 Å². The summed E-state index contributed by atoms with van der Waals surface area (Å²) in [5.41, 5.74) is 2.30. The molecule has 2 amide bonds. The lowest BCUT2D eigenvalue weighted by molar-refractivity contribution is -0.116. The molecule has 0 saturated carbocycles. The van der Waals surface area contributed by atoms with E-state index in [4.69, 9.17) is 0 Å². The minimum Gasteiger partial charge on any atom is -0.336 e. The minimum absolute atomic E-state index is 0.00604. The first-order valence-corrected chi connectivity index (χ1v) is 9.36. The number of hydrogen-bond acceptors (Lipinski definition) is 4. The number of hydrogen-bond donors (Lipinski definition) is 1. The fourth-order valence-electron chi connectivity index (χ4n) is 2.92. The van der Waals surface area contributed by atoms with Gasteiger partial charge >= 0.3 is 0 Å². The van der Waals surface area contributed by atoms with Crippen molar-refractivity contribution in [3.8, 4) is 0 Å². The van der Waals surface area contributed by atoms with Crippen molar-refractivity contribution in [2.45, 2.75) is 12.8 Å². The molecule has 8 heteroatoms. The van der Waals surface area contributed by atoms with Crippen LogP contribution in [-0.2, 0) is 21.2 Å². The van der Waals surface area contributed by atoms with Crippen LogP contribution in [0.3, 0.4) is 0 Å². The highest BCUT2D eigenvalue weighted by Crippen LogP contribution is 2.24. The van der Waals surface area contributed by atoms with Gasteiger partial charge in [0.1, 0.15) is 0 Å². The SMILES string of the molecule is CS(=O)(=O)N1CCN(C(=O)c2ccc3c(c2)CCC(=O)N3)CC1. The fraction of sp³-hybridized carbons (Fsp3) is 0.467. The van der Waals surface area contributed by atoms with Crippen LogP contribution in [0.2, 0.25) is 0 Å². The Morgan fingerprint density at radius 3 is 2.48 bits per heavy atom. The third kappa shape index (κ3) is 3.37. The maximum atomic E-state index is 12.6. The Kier molecular flexibility index (Phi) is 4.11. The summed E-state index contributed by atoms with van der Waals surface area (Å²) in [6.45, 7) is 1.43. The molecule has 0 unspecified atom stereocenters. The number of anilines is 1. The van der Waals surface area contributed by atoms with Crippen LogP contribution in [0.1, 0.15) is 22.3 Å². The highest BCUT2D eigenvalue weighted by Gasteiger charge is 2.27. The number of amides is 2. The zero-order valence-corrected chi connectivity index (χ0v) is 13.7. The summed E-state index contributed by atoms with van der Waals surface area (Å²) in [6.07, 6.45) is 2.24. The molecular weight excluding hydrogens is 318 g/mol. The minimum atomic E-state index is -3.20. The third-order valence-corrected chi connectivity index (χ3v) is 5.55. The summed E-state index contributed by atoms with van der Waals surface area (Å²) >= 11 is 0. The van der Waals surface area contributed by atoms with E-state index >= 15 is 0 Å². The molecule has 124 valence electrons. The van der Waals surface area contributed by atoms with Gasteiger partial charge in [-0.1, -0.05) is 0 Å². The summed E-state index contributed by atoms with van der Waals surface area (Å²) in [6, 6.07) is 5.28. The van der Waals surface area contributed by atoms with Gasteiger partial charge in [0.2, 0.25) is 15.9 Å². The van der Waals surface area contributed by atoms with Gasteiger partial charge in [-0.25, -0.2) is 8.42 Å². The number of carbonyl (C=O) groups excluding carboxylic acids is 2. The van der Waals surface area contributed by atoms with E-state index in [1.807, 2.05) is 6.07 Å². The Morgan fingerprint density at radius 1 is 1.13 bits per heavy atom. The van der Waals surface area contributed by atoms with Gasteiger partial charge < -0.3 is 10.2 Å². The van der Waals surface area contributed by atoms with Crippen molar-refractivity contribution in [3.05, 3.63) is 29.3 Å². The normalized spacial score (nSPS) is 19.2. The lowest BCUT2D eigenvalue weighted by atomic mass is 10.00. The lowest BCUT2D eigenvalue weighted by Gasteiger charge is -2.33. The smallest absolute Gasteiger partial charge is 0.253 e. The lowest BCUT2D eigenvalue weighted by Crippen LogP contribution is -2.50. The number of rotatable bonds is 2. The fourth-order valence-corrected chi connectivity index (χ4v) is 3.75. The van der Waals surface area contributed by atoms with Gasteiger partial charge in [0.25, 0.3) is 5.91 Å². The quantitative estimate of drug-likeness (QED) is 0.840. The second kappa shape index (κ2) is 5.93. The highest BCUT2D eigenvalue weighted by molar-refractivity contribution is 7.88. The zero-order chi connectivity index (χ0) is 16.6. The molecule has 1 N–H and O–H groups in total. The van der Waals surface area contributed by atoms with Crippen LogP contribution in [-0.4, -0.2) is 61.9 Å². The standard InChI is InChI=1S/C15H19N3O4S/c1-23(21,22)18-8-6-17(7-9-18)15(20)12-2-4-13-11(10-12)3-5-14(19)16-13/h2,4,10H,3,5-9H2,1H3,(H,16,19). The first-order chi connectivity index (χ1) is 10.8. The molecule has 0 bridgehead atoms. The average molecular weight is 337 g/mol. The van der Waals surface area contributed by atoms with Crippen LogP contribution >= 0.6 is 0 Å². The van der Waals surface area contributed by atoms with Crippen LogP contribution in [0, 0.1) is 0 Å². The van der Waals surface area contributed by atoms with Gasteiger partial charge in [0.05, 0.1) is 6.26 Å². The van der Waals surface area contributed by atoms with E-state index in [0.717, 1.165) is 11.3 Å². The number of fused-ring (bicyclic) bond motifs is 1. The van der Waals surface area contributed by atoms with Crippen molar-refractivity contribution in [1.82, 2.24) is 9.21 Å². The number of aryl methyl sites for hydroxylation is 1. The first-order valence-electron chi connectivity index (χ1n) is 7.52. The van der Waals surface area contributed by atoms with Gasteiger partial charge in [-0.2, -0.15) is 4.31 Å². The van der Waals surface area contributed by atoms with Crippen molar-refractivity contribution < 1.29 is 18.0 Å². The molecule has 1 fully saturated rings. The largest absolute Gasteiger partial charge is 0.336 e. The van der Waals surface area contributed by atoms with Gasteiger partial charge in [0, 0.05) is 43.9 Å². The van der Waals surface area contributed by atoms with E-state index in [1.54, 1.807) is 17.0 Å². The summed E-state index contributed by atoms with van der Waals surface area (Å²) in [7, 11) is -3.20. The van der Waals surface area contributed by atoms with E-state index < -0.39 is 10.0 Å². The first kappa shape index (κ1) is 15.9. The number of sulfonamides is 1. The topological polar surface area (TPSA) is 86.8 Å².